The van der Waals surface area contributed by atoms with Gasteiger partial charge in [-0.1, -0.05) is 30.3 Å². The number of primary amides is 1. The molecule has 0 aliphatic heterocycles. The Morgan fingerprint density at radius 1 is 1.30 bits per heavy atom. The van der Waals surface area contributed by atoms with Crippen LogP contribution in [-0.2, 0) is 11.3 Å². The SMILES string of the molecule is NC(=O)NC(C(=O)NCc1ncc[nH]1)c1ccccc1. The molecule has 0 aliphatic carbocycles. The van der Waals surface area contributed by atoms with Crippen molar-refractivity contribution in [3.05, 3.63) is 54.1 Å². The summed E-state index contributed by atoms with van der Waals surface area (Å²) in [7, 11) is 0. The monoisotopic (exact) mass is 273 g/mol. The van der Waals surface area contributed by atoms with Gasteiger partial charge in [0.2, 0.25) is 5.91 Å². The first kappa shape index (κ1) is 13.6. The van der Waals surface area contributed by atoms with Gasteiger partial charge in [-0.3, -0.25) is 4.79 Å². The summed E-state index contributed by atoms with van der Waals surface area (Å²) < 4.78 is 0. The van der Waals surface area contributed by atoms with E-state index in [0.717, 1.165) is 0 Å². The van der Waals surface area contributed by atoms with Crippen LogP contribution >= 0.6 is 0 Å². The lowest BCUT2D eigenvalue weighted by Gasteiger charge is -2.17. The topological polar surface area (TPSA) is 113 Å². The van der Waals surface area contributed by atoms with Crippen molar-refractivity contribution in [2.24, 2.45) is 5.73 Å². The van der Waals surface area contributed by atoms with Crippen LogP contribution in [0.15, 0.2) is 42.7 Å². The number of urea groups is 1. The summed E-state index contributed by atoms with van der Waals surface area (Å²) in [5, 5.41) is 5.11. The maximum Gasteiger partial charge on any atom is 0.313 e. The lowest BCUT2D eigenvalue weighted by molar-refractivity contribution is -0.123. The number of nitrogens with one attached hydrogen (secondary N) is 3. The Kier molecular flexibility index (Phi) is 4.33. The molecule has 1 aromatic carbocycles. The van der Waals surface area contributed by atoms with Gasteiger partial charge in [0.25, 0.3) is 0 Å². The maximum atomic E-state index is 12.2. The number of H-pyrrole nitrogens is 1. The Balaban J connectivity index is 2.06. The second kappa shape index (κ2) is 6.37. The van der Waals surface area contributed by atoms with Crippen LogP contribution in [0.2, 0.25) is 0 Å². The summed E-state index contributed by atoms with van der Waals surface area (Å²) in [6.45, 7) is 0.246. The molecule has 5 N–H and O–H groups in total. The van der Waals surface area contributed by atoms with Gasteiger partial charge in [-0.2, -0.15) is 0 Å². The minimum absolute atomic E-state index is 0.246. The van der Waals surface area contributed by atoms with E-state index in [9.17, 15) is 9.59 Å². The number of nitrogens with zero attached hydrogens (tertiary/aromatic N) is 1. The molecule has 20 heavy (non-hydrogen) atoms. The van der Waals surface area contributed by atoms with Gasteiger partial charge in [0.15, 0.2) is 0 Å². The average Bonchev–Trinajstić information content (AvgIpc) is 2.96. The number of aromatic nitrogens is 2. The number of nitrogens with two attached hydrogens (primary N) is 1. The molecule has 3 amide bonds. The van der Waals surface area contributed by atoms with E-state index in [4.69, 9.17) is 5.73 Å². The molecule has 1 aromatic heterocycles. The molecule has 0 spiro atoms. The Morgan fingerprint density at radius 3 is 2.65 bits per heavy atom. The number of hydrogen-bond acceptors (Lipinski definition) is 3. The van der Waals surface area contributed by atoms with E-state index in [1.54, 1.807) is 36.7 Å². The molecule has 1 heterocycles. The summed E-state index contributed by atoms with van der Waals surface area (Å²) in [5.41, 5.74) is 5.77. The fourth-order valence-electron chi connectivity index (χ4n) is 1.76. The highest BCUT2D eigenvalue weighted by atomic mass is 16.2. The summed E-state index contributed by atoms with van der Waals surface area (Å²) in [5.74, 6) is 0.274. The Labute approximate surface area is 115 Å². The zero-order chi connectivity index (χ0) is 14.4. The van der Waals surface area contributed by atoms with E-state index in [0.29, 0.717) is 11.4 Å². The molecule has 0 aliphatic rings. The van der Waals surface area contributed by atoms with Gasteiger partial charge in [0.1, 0.15) is 11.9 Å². The van der Waals surface area contributed by atoms with Gasteiger partial charge in [-0.15, -0.1) is 0 Å². The molecule has 2 aromatic rings. The van der Waals surface area contributed by atoms with Gasteiger partial charge in [-0.25, -0.2) is 9.78 Å². The highest BCUT2D eigenvalue weighted by Gasteiger charge is 2.21. The predicted octanol–water partition coefficient (Wildman–Crippen LogP) is 0.436. The maximum absolute atomic E-state index is 12.2. The first-order chi connectivity index (χ1) is 9.66. The third-order valence-electron chi connectivity index (χ3n) is 2.67. The molecule has 1 unspecified atom stereocenters. The van der Waals surface area contributed by atoms with Crippen molar-refractivity contribution in [2.75, 3.05) is 0 Å². The van der Waals surface area contributed by atoms with E-state index < -0.39 is 12.1 Å². The average molecular weight is 273 g/mol. The van der Waals surface area contributed by atoms with Gasteiger partial charge in [-0.05, 0) is 5.56 Å². The summed E-state index contributed by atoms with van der Waals surface area (Å²) in [6.07, 6.45) is 3.26. The van der Waals surface area contributed by atoms with Crippen LogP contribution in [0.3, 0.4) is 0 Å². The highest BCUT2D eigenvalue weighted by molar-refractivity contribution is 5.87. The molecule has 0 radical (unpaired) electrons. The molecule has 0 saturated carbocycles. The first-order valence-corrected chi connectivity index (χ1v) is 6.03. The van der Waals surface area contributed by atoms with Crippen molar-refractivity contribution in [1.29, 1.82) is 0 Å². The van der Waals surface area contributed by atoms with Crippen LogP contribution in [0, 0.1) is 0 Å². The van der Waals surface area contributed by atoms with Crippen LogP contribution in [0.5, 0.6) is 0 Å². The Hall–Kier alpha value is -2.83. The number of carbonyl (C=O) groups excluding carboxylic acids is 2. The summed E-state index contributed by atoms with van der Waals surface area (Å²) in [6, 6.07) is 7.29. The van der Waals surface area contributed by atoms with Crippen molar-refractivity contribution >= 4 is 11.9 Å². The molecular weight excluding hydrogens is 258 g/mol. The zero-order valence-electron chi connectivity index (χ0n) is 10.7. The molecule has 104 valence electrons. The van der Waals surface area contributed by atoms with E-state index in [2.05, 4.69) is 20.6 Å². The van der Waals surface area contributed by atoms with Crippen molar-refractivity contribution in [3.63, 3.8) is 0 Å². The van der Waals surface area contributed by atoms with Gasteiger partial charge in [0.05, 0.1) is 6.54 Å². The Bertz CT molecular complexity index is 568. The number of aromatic amines is 1. The van der Waals surface area contributed by atoms with Crippen LogP contribution in [0.25, 0.3) is 0 Å². The molecular formula is C13H15N5O2. The van der Waals surface area contributed by atoms with Crippen molar-refractivity contribution in [3.8, 4) is 0 Å². The normalized spacial score (nSPS) is 11.6. The number of imidazole rings is 1. The molecule has 7 heteroatoms. The lowest BCUT2D eigenvalue weighted by Crippen LogP contribution is -2.42. The second-order valence-corrected chi connectivity index (χ2v) is 4.11. The molecule has 0 bridgehead atoms. The summed E-state index contributed by atoms with van der Waals surface area (Å²) in [4.78, 5) is 30.1. The minimum atomic E-state index is -0.830. The van der Waals surface area contributed by atoms with Crippen molar-refractivity contribution < 1.29 is 9.59 Å². The highest BCUT2D eigenvalue weighted by Crippen LogP contribution is 2.12. The predicted molar refractivity (Wildman–Crippen MR) is 72.3 cm³/mol. The molecule has 2 rings (SSSR count). The van der Waals surface area contributed by atoms with Crippen LogP contribution in [0.4, 0.5) is 4.79 Å². The minimum Gasteiger partial charge on any atom is -0.352 e. The third kappa shape index (κ3) is 3.58. The van der Waals surface area contributed by atoms with Gasteiger partial charge in [0, 0.05) is 12.4 Å². The van der Waals surface area contributed by atoms with Crippen LogP contribution in [-0.4, -0.2) is 21.9 Å². The third-order valence-corrected chi connectivity index (χ3v) is 2.67. The molecule has 0 saturated heterocycles. The van der Waals surface area contributed by atoms with Crippen LogP contribution < -0.4 is 16.4 Å². The van der Waals surface area contributed by atoms with E-state index in [-0.39, 0.29) is 12.5 Å². The summed E-state index contributed by atoms with van der Waals surface area (Å²) >= 11 is 0. The van der Waals surface area contributed by atoms with Crippen molar-refractivity contribution in [1.82, 2.24) is 20.6 Å². The molecule has 0 fully saturated rings. The number of benzene rings is 1. The zero-order valence-corrected chi connectivity index (χ0v) is 10.7. The lowest BCUT2D eigenvalue weighted by atomic mass is 10.1. The van der Waals surface area contributed by atoms with Crippen molar-refractivity contribution in [2.45, 2.75) is 12.6 Å². The van der Waals surface area contributed by atoms with Gasteiger partial charge < -0.3 is 21.4 Å². The van der Waals surface area contributed by atoms with E-state index in [1.807, 2.05) is 6.07 Å². The molecule has 7 nitrogen and oxygen atoms in total. The largest absolute Gasteiger partial charge is 0.352 e. The second-order valence-electron chi connectivity index (χ2n) is 4.11. The molecule has 1 atom stereocenters. The number of carbonyl (C=O) groups is 2. The fraction of sp³-hybridized carbons (Fsp3) is 0.154. The van der Waals surface area contributed by atoms with Crippen LogP contribution in [0.1, 0.15) is 17.4 Å². The smallest absolute Gasteiger partial charge is 0.313 e. The standard InChI is InChI=1S/C13H15N5O2/c14-13(20)18-11(9-4-2-1-3-5-9)12(19)17-8-10-15-6-7-16-10/h1-7,11H,8H2,(H,15,16)(H,17,19)(H3,14,18,20). The number of amides is 3. The number of rotatable bonds is 5. The fourth-order valence-corrected chi connectivity index (χ4v) is 1.76. The Morgan fingerprint density at radius 2 is 2.05 bits per heavy atom. The van der Waals surface area contributed by atoms with E-state index >= 15 is 0 Å². The number of hydrogen-bond donors (Lipinski definition) is 4. The van der Waals surface area contributed by atoms with Gasteiger partial charge >= 0.3 is 6.03 Å². The first-order valence-electron chi connectivity index (χ1n) is 6.03. The quantitative estimate of drug-likeness (QED) is 0.633. The van der Waals surface area contributed by atoms with E-state index in [1.165, 1.54) is 0 Å².